The van der Waals surface area contributed by atoms with E-state index < -0.39 is 10.6 Å². The van der Waals surface area contributed by atoms with Crippen LogP contribution >= 0.6 is 12.6 Å². The summed E-state index contributed by atoms with van der Waals surface area (Å²) in [6, 6.07) is 11.8. The van der Waals surface area contributed by atoms with Crippen molar-refractivity contribution in [3.05, 3.63) is 47.7 Å². The van der Waals surface area contributed by atoms with Crippen molar-refractivity contribution in [2.24, 2.45) is 0 Å². The van der Waals surface area contributed by atoms with Crippen molar-refractivity contribution in [3.8, 4) is 6.07 Å². The molecule has 0 saturated carbocycles. The summed E-state index contributed by atoms with van der Waals surface area (Å²) in [6.45, 7) is 7.14. The summed E-state index contributed by atoms with van der Waals surface area (Å²) in [7, 11) is 1.96. The minimum absolute atomic E-state index is 0.00480. The highest BCUT2D eigenvalue weighted by molar-refractivity contribution is 7.82. The average molecular weight is 481 g/mol. The number of piperidine rings is 1. The summed E-state index contributed by atoms with van der Waals surface area (Å²) in [5, 5.41) is 16.1. The van der Waals surface area contributed by atoms with Gasteiger partial charge in [-0.3, -0.25) is 0 Å². The van der Waals surface area contributed by atoms with Gasteiger partial charge in [-0.1, -0.05) is 18.2 Å². The van der Waals surface area contributed by atoms with Gasteiger partial charge in [0.2, 0.25) is 0 Å². The molecule has 34 heavy (non-hydrogen) atoms. The van der Waals surface area contributed by atoms with Crippen molar-refractivity contribution >= 4 is 35.9 Å². The maximum Gasteiger partial charge on any atom is 0.407 e. The number of aromatic nitrogens is 1. The van der Waals surface area contributed by atoms with Crippen molar-refractivity contribution in [2.45, 2.75) is 56.7 Å². The fourth-order valence-electron chi connectivity index (χ4n) is 4.54. The van der Waals surface area contributed by atoms with Gasteiger partial charge in [-0.2, -0.15) is 5.26 Å². The number of hydrogen-bond donors (Lipinski definition) is 3. The van der Waals surface area contributed by atoms with Gasteiger partial charge in [-0.05, 0) is 51.3 Å². The summed E-state index contributed by atoms with van der Waals surface area (Å²) in [6.07, 6.45) is 3.80. The second-order valence-electron chi connectivity index (χ2n) is 9.91. The number of alkyl carbamates (subject to hydrolysis) is 1. The van der Waals surface area contributed by atoms with Crippen molar-refractivity contribution < 1.29 is 9.53 Å². The highest BCUT2D eigenvalue weighted by Crippen LogP contribution is 2.46. The van der Waals surface area contributed by atoms with Crippen LogP contribution in [0.2, 0.25) is 0 Å². The van der Waals surface area contributed by atoms with Crippen molar-refractivity contribution in [3.63, 3.8) is 0 Å². The number of fused-ring (bicyclic) bond motifs is 1. The molecule has 2 N–H and O–H groups in total. The number of nitriles is 1. The Labute approximate surface area is 206 Å². The molecule has 2 aromatic rings. The number of hydrogen-bond acceptors (Lipinski definition) is 8. The first-order chi connectivity index (χ1) is 16.1. The van der Waals surface area contributed by atoms with Crippen LogP contribution in [0.5, 0.6) is 0 Å². The molecule has 1 aromatic heterocycles. The Morgan fingerprint density at radius 3 is 2.88 bits per heavy atom. The van der Waals surface area contributed by atoms with Gasteiger partial charge in [0.25, 0.3) is 0 Å². The second-order valence-corrected chi connectivity index (χ2v) is 10.6. The zero-order valence-electron chi connectivity index (χ0n) is 20.1. The molecular formula is C25H32N6O2S. The Kier molecular flexibility index (Phi) is 6.54. The van der Waals surface area contributed by atoms with Crippen LogP contribution in [0.25, 0.3) is 0 Å². The molecule has 1 amide bonds. The number of amides is 1. The van der Waals surface area contributed by atoms with Crippen LogP contribution in [0.4, 0.5) is 22.0 Å². The quantitative estimate of drug-likeness (QED) is 0.567. The maximum absolute atomic E-state index is 12.3. The van der Waals surface area contributed by atoms with Crippen LogP contribution in [0.15, 0.2) is 36.5 Å². The predicted molar refractivity (Wildman–Crippen MR) is 137 cm³/mol. The van der Waals surface area contributed by atoms with Crippen molar-refractivity contribution in [2.75, 3.05) is 35.3 Å². The zero-order valence-corrected chi connectivity index (χ0v) is 21.0. The van der Waals surface area contributed by atoms with Gasteiger partial charge in [0.05, 0.1) is 17.3 Å². The molecule has 9 heteroatoms. The monoisotopic (exact) mass is 480 g/mol. The van der Waals surface area contributed by atoms with Gasteiger partial charge in [0.1, 0.15) is 11.3 Å². The Hall–Kier alpha value is -3.12. The zero-order chi connectivity index (χ0) is 24.5. The first-order valence-corrected chi connectivity index (χ1v) is 12.0. The van der Waals surface area contributed by atoms with Crippen LogP contribution < -0.4 is 20.4 Å². The number of anilines is 3. The first-order valence-electron chi connectivity index (χ1n) is 11.6. The fourth-order valence-corrected chi connectivity index (χ4v) is 4.91. The third-order valence-electron chi connectivity index (χ3n) is 6.16. The molecule has 180 valence electrons. The van der Waals surface area contributed by atoms with Crippen molar-refractivity contribution in [1.29, 1.82) is 5.26 Å². The number of rotatable bonds is 4. The number of carbonyl (C=O) groups excluding carboxylic acids is 1. The summed E-state index contributed by atoms with van der Waals surface area (Å²) < 4.78 is 5.44. The van der Waals surface area contributed by atoms with Crippen LogP contribution in [-0.4, -0.2) is 47.9 Å². The van der Waals surface area contributed by atoms with Gasteiger partial charge >= 0.3 is 6.09 Å². The number of likely N-dealkylation sites (N-methyl/N-ethyl adjacent to an activating group) is 1. The molecule has 0 spiro atoms. The van der Waals surface area contributed by atoms with E-state index in [9.17, 15) is 10.1 Å². The van der Waals surface area contributed by atoms with Crippen molar-refractivity contribution in [1.82, 2.24) is 10.3 Å². The molecule has 0 aliphatic carbocycles. The smallest absolute Gasteiger partial charge is 0.407 e. The molecular weight excluding hydrogens is 448 g/mol. The molecule has 2 atom stereocenters. The topological polar surface area (TPSA) is 93.5 Å². The summed E-state index contributed by atoms with van der Waals surface area (Å²) in [5.74, 6) is 0.809. The molecule has 2 aliphatic heterocycles. The van der Waals surface area contributed by atoms with Crippen LogP contribution in [0.1, 0.15) is 44.7 Å². The van der Waals surface area contributed by atoms with E-state index in [0.717, 1.165) is 42.1 Å². The third kappa shape index (κ3) is 5.02. The number of carbonyl (C=O) groups is 1. The van der Waals surface area contributed by atoms with Gasteiger partial charge in [0, 0.05) is 38.8 Å². The minimum atomic E-state index is -0.734. The molecule has 1 unspecified atom stereocenters. The van der Waals surface area contributed by atoms with E-state index in [1.54, 1.807) is 6.20 Å². The number of nitrogens with zero attached hydrogens (tertiary/aromatic N) is 4. The Balaban J connectivity index is 1.53. The number of nitrogens with one attached hydrogen (secondary N) is 2. The lowest BCUT2D eigenvalue weighted by Crippen LogP contribution is -2.49. The SMILES string of the molecule is CN1c2nccc(N3CCC[C@@H](NC(=O)OC(C)(C)C)C3)c2NC1(S)Cc1ccccc1C#N. The lowest BCUT2D eigenvalue weighted by Gasteiger charge is -2.36. The van der Waals surface area contributed by atoms with Gasteiger partial charge in [-0.15, -0.1) is 12.6 Å². The molecule has 3 heterocycles. The number of ether oxygens (including phenoxy) is 1. The van der Waals surface area contributed by atoms with Crippen LogP contribution in [0, 0.1) is 11.3 Å². The number of benzene rings is 1. The van der Waals surface area contributed by atoms with E-state index in [0.29, 0.717) is 18.5 Å². The normalized spacial score (nSPS) is 21.9. The molecule has 2 aliphatic rings. The average Bonchev–Trinajstić information content (AvgIpc) is 3.03. The largest absolute Gasteiger partial charge is 0.444 e. The molecule has 0 radical (unpaired) electrons. The lowest BCUT2D eigenvalue weighted by molar-refractivity contribution is 0.0500. The third-order valence-corrected chi connectivity index (χ3v) is 6.73. The van der Waals surface area contributed by atoms with Crippen LogP contribution in [0.3, 0.4) is 0 Å². The molecule has 1 fully saturated rings. The Morgan fingerprint density at radius 1 is 1.38 bits per heavy atom. The number of thiol groups is 1. The van der Waals surface area contributed by atoms with Gasteiger partial charge in [-0.25, -0.2) is 9.78 Å². The highest BCUT2D eigenvalue weighted by Gasteiger charge is 2.42. The standard InChI is InChI=1S/C25H32N6O2S/c1-24(2,3)33-23(32)28-19-10-7-13-31(16-19)20-11-12-27-22-21(20)29-25(34,30(22)4)14-17-8-5-6-9-18(17)15-26/h5-6,8-9,11-12,19,29,34H,7,10,13-14,16H2,1-4H3,(H,28,32)/t19-,25?/m1/s1. The molecule has 1 saturated heterocycles. The summed E-state index contributed by atoms with van der Waals surface area (Å²) in [5.41, 5.74) is 2.97. The predicted octanol–water partition coefficient (Wildman–Crippen LogP) is 4.13. The Morgan fingerprint density at radius 2 is 2.15 bits per heavy atom. The van der Waals surface area contributed by atoms with E-state index >= 15 is 0 Å². The second kappa shape index (κ2) is 9.26. The van der Waals surface area contributed by atoms with E-state index in [1.165, 1.54) is 0 Å². The van der Waals surface area contributed by atoms with Crippen LogP contribution in [-0.2, 0) is 11.2 Å². The summed E-state index contributed by atoms with van der Waals surface area (Å²) in [4.78, 5) is 20.5. The van der Waals surface area contributed by atoms with E-state index in [-0.39, 0.29) is 12.1 Å². The number of pyridine rings is 1. The fraction of sp³-hybridized carbons (Fsp3) is 0.480. The first kappa shape index (κ1) is 24.0. The Bertz CT molecular complexity index is 1110. The van der Waals surface area contributed by atoms with Gasteiger partial charge < -0.3 is 25.2 Å². The van der Waals surface area contributed by atoms with E-state index in [1.807, 2.05) is 63.1 Å². The molecule has 8 nitrogen and oxygen atoms in total. The molecule has 1 aromatic carbocycles. The molecule has 4 rings (SSSR count). The maximum atomic E-state index is 12.3. The van der Waals surface area contributed by atoms with E-state index in [4.69, 9.17) is 17.4 Å². The lowest BCUT2D eigenvalue weighted by atomic mass is 10.0. The summed E-state index contributed by atoms with van der Waals surface area (Å²) >= 11 is 5.01. The van der Waals surface area contributed by atoms with Gasteiger partial charge in [0.15, 0.2) is 10.8 Å². The highest BCUT2D eigenvalue weighted by atomic mass is 32.1. The van der Waals surface area contributed by atoms with E-state index in [2.05, 4.69) is 26.6 Å². The molecule has 0 bridgehead atoms. The minimum Gasteiger partial charge on any atom is -0.444 e.